The molecule has 0 saturated carbocycles. The van der Waals surface area contributed by atoms with Crippen LogP contribution in [-0.2, 0) is 0 Å². The molecule has 0 unspecified atom stereocenters. The van der Waals surface area contributed by atoms with Gasteiger partial charge >= 0.3 is 0 Å². The van der Waals surface area contributed by atoms with Crippen molar-refractivity contribution in [2.75, 3.05) is 17.2 Å². The van der Waals surface area contributed by atoms with E-state index in [1.54, 1.807) is 24.4 Å². The third-order valence-corrected chi connectivity index (χ3v) is 3.22. The molecule has 2 rings (SSSR count). The van der Waals surface area contributed by atoms with E-state index < -0.39 is 0 Å². The number of aromatic nitrogens is 1. The van der Waals surface area contributed by atoms with E-state index in [4.69, 9.17) is 11.6 Å². The van der Waals surface area contributed by atoms with Crippen molar-refractivity contribution < 1.29 is 4.79 Å². The standard InChI is InChI=1S/C15H16ClN3O/c1-3-17-14-7-5-11(9-18-14)15(20)19-12-6-4-10(2)13(16)8-12/h4-9H,3H2,1-2H3,(H,17,18)(H,19,20). The quantitative estimate of drug-likeness (QED) is 0.902. The number of carbonyl (C=O) groups is 1. The van der Waals surface area contributed by atoms with Crippen LogP contribution < -0.4 is 10.6 Å². The highest BCUT2D eigenvalue weighted by molar-refractivity contribution is 6.31. The van der Waals surface area contributed by atoms with Gasteiger partial charge in [-0.1, -0.05) is 17.7 Å². The first-order valence-corrected chi connectivity index (χ1v) is 6.75. The summed E-state index contributed by atoms with van der Waals surface area (Å²) >= 11 is 6.03. The van der Waals surface area contributed by atoms with Crippen LogP contribution in [0.2, 0.25) is 5.02 Å². The SMILES string of the molecule is CCNc1ccc(C(=O)Nc2ccc(C)c(Cl)c2)cn1. The Hall–Kier alpha value is -2.07. The van der Waals surface area contributed by atoms with E-state index in [-0.39, 0.29) is 5.91 Å². The van der Waals surface area contributed by atoms with Crippen LogP contribution in [0.25, 0.3) is 0 Å². The van der Waals surface area contributed by atoms with Crippen LogP contribution in [0.3, 0.4) is 0 Å². The maximum atomic E-state index is 12.1. The van der Waals surface area contributed by atoms with E-state index in [1.165, 1.54) is 0 Å². The molecule has 5 heteroatoms. The van der Waals surface area contributed by atoms with Crippen molar-refractivity contribution in [3.63, 3.8) is 0 Å². The van der Waals surface area contributed by atoms with Gasteiger partial charge in [0.2, 0.25) is 0 Å². The lowest BCUT2D eigenvalue weighted by molar-refractivity contribution is 0.102. The van der Waals surface area contributed by atoms with Crippen molar-refractivity contribution in [2.24, 2.45) is 0 Å². The Bertz CT molecular complexity index is 611. The van der Waals surface area contributed by atoms with E-state index in [1.807, 2.05) is 26.0 Å². The summed E-state index contributed by atoms with van der Waals surface area (Å²) in [7, 11) is 0. The van der Waals surface area contributed by atoms with Crippen LogP contribution in [0.4, 0.5) is 11.5 Å². The van der Waals surface area contributed by atoms with Crippen LogP contribution in [0, 0.1) is 6.92 Å². The number of nitrogens with zero attached hydrogens (tertiary/aromatic N) is 1. The molecule has 0 atom stereocenters. The van der Waals surface area contributed by atoms with Crippen molar-refractivity contribution >= 4 is 29.0 Å². The Kier molecular flexibility index (Phi) is 4.58. The van der Waals surface area contributed by atoms with Gasteiger partial charge in [-0.25, -0.2) is 4.98 Å². The molecule has 0 aliphatic carbocycles. The molecule has 0 radical (unpaired) electrons. The number of carbonyl (C=O) groups excluding carboxylic acids is 1. The number of halogens is 1. The summed E-state index contributed by atoms with van der Waals surface area (Å²) < 4.78 is 0. The van der Waals surface area contributed by atoms with Crippen LogP contribution in [0.1, 0.15) is 22.8 Å². The number of hydrogen-bond acceptors (Lipinski definition) is 3. The average Bonchev–Trinajstić information content (AvgIpc) is 2.44. The zero-order chi connectivity index (χ0) is 14.5. The number of hydrogen-bond donors (Lipinski definition) is 2. The van der Waals surface area contributed by atoms with Crippen molar-refractivity contribution in [2.45, 2.75) is 13.8 Å². The molecule has 0 aliphatic heterocycles. The molecule has 4 nitrogen and oxygen atoms in total. The molecule has 0 aliphatic rings. The average molecular weight is 290 g/mol. The first-order valence-electron chi connectivity index (χ1n) is 6.37. The zero-order valence-corrected chi connectivity index (χ0v) is 12.2. The highest BCUT2D eigenvalue weighted by Crippen LogP contribution is 2.20. The van der Waals surface area contributed by atoms with Gasteiger partial charge in [0.15, 0.2) is 0 Å². The molecule has 0 saturated heterocycles. The van der Waals surface area contributed by atoms with E-state index in [0.717, 1.165) is 17.9 Å². The smallest absolute Gasteiger partial charge is 0.257 e. The predicted octanol–water partition coefficient (Wildman–Crippen LogP) is 3.73. The second-order valence-electron chi connectivity index (χ2n) is 4.38. The minimum atomic E-state index is -0.208. The summed E-state index contributed by atoms with van der Waals surface area (Å²) in [6.45, 7) is 4.70. The van der Waals surface area contributed by atoms with Gasteiger partial charge in [0.25, 0.3) is 5.91 Å². The molecular weight excluding hydrogens is 274 g/mol. The molecule has 2 N–H and O–H groups in total. The molecular formula is C15H16ClN3O. The molecule has 0 bridgehead atoms. The van der Waals surface area contributed by atoms with Crippen molar-refractivity contribution in [3.8, 4) is 0 Å². The number of benzene rings is 1. The van der Waals surface area contributed by atoms with Gasteiger partial charge in [-0.15, -0.1) is 0 Å². The Morgan fingerprint density at radius 1 is 1.30 bits per heavy atom. The fourth-order valence-corrected chi connectivity index (χ4v) is 1.87. The number of pyridine rings is 1. The van der Waals surface area contributed by atoms with Gasteiger partial charge < -0.3 is 10.6 Å². The van der Waals surface area contributed by atoms with Crippen molar-refractivity contribution in [1.82, 2.24) is 4.98 Å². The largest absolute Gasteiger partial charge is 0.370 e. The van der Waals surface area contributed by atoms with Crippen molar-refractivity contribution in [1.29, 1.82) is 0 Å². The lowest BCUT2D eigenvalue weighted by atomic mass is 10.2. The van der Waals surface area contributed by atoms with Gasteiger partial charge in [-0.05, 0) is 43.7 Å². The maximum absolute atomic E-state index is 12.1. The van der Waals surface area contributed by atoms with Gasteiger partial charge in [-0.3, -0.25) is 4.79 Å². The summed E-state index contributed by atoms with van der Waals surface area (Å²) in [5.74, 6) is 0.544. The van der Waals surface area contributed by atoms with E-state index in [9.17, 15) is 4.79 Å². The third-order valence-electron chi connectivity index (χ3n) is 2.81. The minimum absolute atomic E-state index is 0.208. The first kappa shape index (κ1) is 14.3. The Labute approximate surface area is 123 Å². The van der Waals surface area contributed by atoms with E-state index >= 15 is 0 Å². The maximum Gasteiger partial charge on any atom is 0.257 e. The normalized spacial score (nSPS) is 10.2. The number of anilines is 2. The minimum Gasteiger partial charge on any atom is -0.370 e. The van der Waals surface area contributed by atoms with Gasteiger partial charge in [0.05, 0.1) is 5.56 Å². The van der Waals surface area contributed by atoms with Crippen molar-refractivity contribution in [3.05, 3.63) is 52.7 Å². The summed E-state index contributed by atoms with van der Waals surface area (Å²) in [6, 6.07) is 8.93. The molecule has 1 heterocycles. The third kappa shape index (κ3) is 3.48. The number of rotatable bonds is 4. The molecule has 2 aromatic rings. The van der Waals surface area contributed by atoms with E-state index in [0.29, 0.717) is 16.3 Å². The molecule has 1 amide bonds. The fraction of sp³-hybridized carbons (Fsp3) is 0.200. The second kappa shape index (κ2) is 6.39. The number of amides is 1. The number of nitrogens with one attached hydrogen (secondary N) is 2. The van der Waals surface area contributed by atoms with E-state index in [2.05, 4.69) is 15.6 Å². The molecule has 20 heavy (non-hydrogen) atoms. The van der Waals surface area contributed by atoms with Crippen LogP contribution in [-0.4, -0.2) is 17.4 Å². The lowest BCUT2D eigenvalue weighted by Gasteiger charge is -2.07. The zero-order valence-electron chi connectivity index (χ0n) is 11.4. The van der Waals surface area contributed by atoms with Crippen LogP contribution in [0.5, 0.6) is 0 Å². The van der Waals surface area contributed by atoms with Gasteiger partial charge in [0, 0.05) is 23.5 Å². The summed E-state index contributed by atoms with van der Waals surface area (Å²) in [5, 5.41) is 6.50. The second-order valence-corrected chi connectivity index (χ2v) is 4.79. The highest BCUT2D eigenvalue weighted by Gasteiger charge is 2.07. The first-order chi connectivity index (χ1) is 9.60. The van der Waals surface area contributed by atoms with Gasteiger partial charge in [-0.2, -0.15) is 0 Å². The molecule has 1 aromatic carbocycles. The Morgan fingerprint density at radius 3 is 2.70 bits per heavy atom. The molecule has 0 fully saturated rings. The Balaban J connectivity index is 2.09. The molecule has 0 spiro atoms. The van der Waals surface area contributed by atoms with Crippen LogP contribution >= 0.6 is 11.6 Å². The predicted molar refractivity (Wildman–Crippen MR) is 82.5 cm³/mol. The number of aryl methyl sites for hydroxylation is 1. The van der Waals surface area contributed by atoms with Gasteiger partial charge in [0.1, 0.15) is 5.82 Å². The lowest BCUT2D eigenvalue weighted by Crippen LogP contribution is -2.12. The topological polar surface area (TPSA) is 54.0 Å². The highest BCUT2D eigenvalue weighted by atomic mass is 35.5. The summed E-state index contributed by atoms with van der Waals surface area (Å²) in [6.07, 6.45) is 1.54. The fourth-order valence-electron chi connectivity index (χ4n) is 1.69. The summed E-state index contributed by atoms with van der Waals surface area (Å²) in [5.41, 5.74) is 2.14. The molecule has 104 valence electrons. The summed E-state index contributed by atoms with van der Waals surface area (Å²) in [4.78, 5) is 16.2. The van der Waals surface area contributed by atoms with Crippen LogP contribution in [0.15, 0.2) is 36.5 Å². The monoisotopic (exact) mass is 289 g/mol. The Morgan fingerprint density at radius 2 is 2.10 bits per heavy atom. The molecule has 1 aromatic heterocycles.